The average molecular weight is 300 g/mol. The van der Waals surface area contributed by atoms with Crippen LogP contribution in [0, 0.1) is 0 Å². The molecule has 0 spiro atoms. The van der Waals surface area contributed by atoms with Gasteiger partial charge in [-0.2, -0.15) is 8.42 Å². The maximum absolute atomic E-state index is 11.1. The van der Waals surface area contributed by atoms with E-state index in [0.29, 0.717) is 13.2 Å². The van der Waals surface area contributed by atoms with E-state index in [-0.39, 0.29) is 4.90 Å². The lowest BCUT2D eigenvalue weighted by Gasteiger charge is -2.38. The minimum absolute atomic E-state index is 0.0836. The van der Waals surface area contributed by atoms with Crippen molar-refractivity contribution in [2.75, 3.05) is 37.9 Å². The van der Waals surface area contributed by atoms with Crippen molar-refractivity contribution in [1.29, 1.82) is 0 Å². The Labute approximate surface area is 119 Å². The summed E-state index contributed by atoms with van der Waals surface area (Å²) in [6, 6.07) is 6.28. The third-order valence-electron chi connectivity index (χ3n) is 3.20. The highest BCUT2D eigenvalue weighted by atomic mass is 32.2. The van der Waals surface area contributed by atoms with E-state index in [1.807, 2.05) is 0 Å². The molecule has 1 aliphatic heterocycles. The first-order chi connectivity index (χ1) is 9.52. The predicted molar refractivity (Wildman–Crippen MR) is 76.3 cm³/mol. The van der Waals surface area contributed by atoms with E-state index in [9.17, 15) is 8.42 Å². The molecule has 1 heterocycles. The lowest BCUT2D eigenvalue weighted by atomic mass is 10.3. The van der Waals surface area contributed by atoms with Gasteiger partial charge in [-0.05, 0) is 30.7 Å². The van der Waals surface area contributed by atoms with Crippen LogP contribution in [-0.4, -0.2) is 50.8 Å². The van der Waals surface area contributed by atoms with E-state index in [1.54, 1.807) is 12.1 Å². The van der Waals surface area contributed by atoms with Gasteiger partial charge in [0.2, 0.25) is 0 Å². The van der Waals surface area contributed by atoms with Crippen LogP contribution >= 0.6 is 0 Å². The Bertz CT molecular complexity index is 524. The molecule has 0 atom stereocenters. The quantitative estimate of drug-likeness (QED) is 0.829. The SMILES string of the molecule is CCCN(c1ccc(S(=O)(=O)O)cc1)N1CCOCC1. The number of hydrogen-bond donors (Lipinski definition) is 1. The smallest absolute Gasteiger partial charge is 0.294 e. The molecule has 1 N–H and O–H groups in total. The average Bonchev–Trinajstić information content (AvgIpc) is 2.45. The van der Waals surface area contributed by atoms with Gasteiger partial charge in [-0.15, -0.1) is 0 Å². The van der Waals surface area contributed by atoms with E-state index in [1.165, 1.54) is 12.1 Å². The van der Waals surface area contributed by atoms with Crippen LogP contribution in [0.3, 0.4) is 0 Å². The predicted octanol–water partition coefficient (Wildman–Crippen LogP) is 1.40. The van der Waals surface area contributed by atoms with Gasteiger partial charge in [0.1, 0.15) is 0 Å². The van der Waals surface area contributed by atoms with E-state index in [2.05, 4.69) is 16.9 Å². The third-order valence-corrected chi connectivity index (χ3v) is 4.06. The van der Waals surface area contributed by atoms with Crippen LogP contribution in [0.4, 0.5) is 5.69 Å². The van der Waals surface area contributed by atoms with Crippen molar-refractivity contribution in [2.24, 2.45) is 0 Å². The fourth-order valence-corrected chi connectivity index (χ4v) is 2.71. The summed E-state index contributed by atoms with van der Waals surface area (Å²) in [7, 11) is -4.13. The zero-order valence-electron chi connectivity index (χ0n) is 11.5. The highest BCUT2D eigenvalue weighted by molar-refractivity contribution is 7.85. The lowest BCUT2D eigenvalue weighted by molar-refractivity contribution is 0.0316. The first-order valence-corrected chi connectivity index (χ1v) is 8.14. The largest absolute Gasteiger partial charge is 0.379 e. The van der Waals surface area contributed by atoms with Crippen molar-refractivity contribution in [3.05, 3.63) is 24.3 Å². The minimum atomic E-state index is -4.13. The molecule has 1 fully saturated rings. The maximum Gasteiger partial charge on any atom is 0.294 e. The molecule has 0 aromatic heterocycles. The molecule has 6 nitrogen and oxygen atoms in total. The number of hydrogen-bond acceptors (Lipinski definition) is 5. The lowest BCUT2D eigenvalue weighted by Crippen LogP contribution is -2.49. The molecule has 7 heteroatoms. The minimum Gasteiger partial charge on any atom is -0.379 e. The summed E-state index contributed by atoms with van der Waals surface area (Å²) in [5.74, 6) is 0. The molecule has 0 unspecified atom stereocenters. The number of ether oxygens (including phenoxy) is 1. The summed E-state index contributed by atoms with van der Waals surface area (Å²) >= 11 is 0. The number of morpholine rings is 1. The van der Waals surface area contributed by atoms with E-state index in [4.69, 9.17) is 9.29 Å². The molecule has 112 valence electrons. The normalized spacial score (nSPS) is 17.1. The van der Waals surface area contributed by atoms with Crippen LogP contribution in [0.1, 0.15) is 13.3 Å². The Balaban J connectivity index is 2.20. The van der Waals surface area contributed by atoms with E-state index >= 15 is 0 Å². The molecule has 1 aromatic rings. The second-order valence-electron chi connectivity index (χ2n) is 4.66. The Morgan fingerprint density at radius 1 is 1.25 bits per heavy atom. The molecule has 0 radical (unpaired) electrons. The molecule has 1 saturated heterocycles. The van der Waals surface area contributed by atoms with Gasteiger partial charge in [0.15, 0.2) is 0 Å². The Kier molecular flexibility index (Phi) is 4.98. The van der Waals surface area contributed by atoms with Crippen molar-refractivity contribution < 1.29 is 17.7 Å². The molecule has 0 amide bonds. The molecule has 20 heavy (non-hydrogen) atoms. The fourth-order valence-electron chi connectivity index (χ4n) is 2.23. The summed E-state index contributed by atoms with van der Waals surface area (Å²) in [6.45, 7) is 5.98. The molecule has 0 saturated carbocycles. The topological polar surface area (TPSA) is 70.1 Å². The van der Waals surface area contributed by atoms with E-state index in [0.717, 1.165) is 31.7 Å². The van der Waals surface area contributed by atoms with Crippen molar-refractivity contribution in [1.82, 2.24) is 5.01 Å². The third kappa shape index (κ3) is 3.69. The van der Waals surface area contributed by atoms with Crippen LogP contribution in [0.5, 0.6) is 0 Å². The van der Waals surface area contributed by atoms with Crippen molar-refractivity contribution in [3.63, 3.8) is 0 Å². The van der Waals surface area contributed by atoms with Gasteiger partial charge < -0.3 is 9.75 Å². The van der Waals surface area contributed by atoms with E-state index < -0.39 is 10.1 Å². The number of rotatable bonds is 5. The van der Waals surface area contributed by atoms with Gasteiger partial charge in [0.05, 0.1) is 23.8 Å². The zero-order valence-corrected chi connectivity index (χ0v) is 12.3. The second-order valence-corrected chi connectivity index (χ2v) is 6.08. The second kappa shape index (κ2) is 6.53. The van der Waals surface area contributed by atoms with Crippen molar-refractivity contribution in [2.45, 2.75) is 18.2 Å². The van der Waals surface area contributed by atoms with Gasteiger partial charge in [-0.25, -0.2) is 5.01 Å². The van der Waals surface area contributed by atoms with Crippen molar-refractivity contribution in [3.8, 4) is 0 Å². The number of nitrogens with zero attached hydrogens (tertiary/aromatic N) is 2. The monoisotopic (exact) mass is 300 g/mol. The van der Waals surface area contributed by atoms with Crippen LogP contribution in [0.2, 0.25) is 0 Å². The Morgan fingerprint density at radius 3 is 2.35 bits per heavy atom. The molecule has 1 aliphatic rings. The summed E-state index contributed by atoms with van der Waals surface area (Å²) < 4.78 is 36.5. The van der Waals surface area contributed by atoms with Gasteiger partial charge in [-0.1, -0.05) is 6.92 Å². The van der Waals surface area contributed by atoms with Crippen LogP contribution in [0.25, 0.3) is 0 Å². The summed E-state index contributed by atoms with van der Waals surface area (Å²) in [4.78, 5) is -0.0836. The first kappa shape index (κ1) is 15.2. The standard InChI is InChI=1S/C13H20N2O4S/c1-2-7-15(14-8-10-19-11-9-14)12-3-5-13(6-4-12)20(16,17)18/h3-6H,2,7-11H2,1H3,(H,16,17,18). The molecule has 0 aliphatic carbocycles. The van der Waals surface area contributed by atoms with Crippen LogP contribution in [0.15, 0.2) is 29.2 Å². The van der Waals surface area contributed by atoms with Gasteiger partial charge in [0, 0.05) is 19.6 Å². The number of benzene rings is 1. The molecule has 1 aromatic carbocycles. The summed E-state index contributed by atoms with van der Waals surface area (Å²) in [6.07, 6.45) is 0.984. The molecular weight excluding hydrogens is 280 g/mol. The molecule has 2 rings (SSSR count). The first-order valence-electron chi connectivity index (χ1n) is 6.70. The van der Waals surface area contributed by atoms with Crippen molar-refractivity contribution >= 4 is 15.8 Å². The fraction of sp³-hybridized carbons (Fsp3) is 0.538. The highest BCUT2D eigenvalue weighted by Crippen LogP contribution is 2.20. The summed E-state index contributed by atoms with van der Waals surface area (Å²) in [5.41, 5.74) is 0.918. The Morgan fingerprint density at radius 2 is 1.85 bits per heavy atom. The van der Waals surface area contributed by atoms with Crippen LogP contribution in [-0.2, 0) is 14.9 Å². The van der Waals surface area contributed by atoms with Gasteiger partial charge in [-0.3, -0.25) is 4.55 Å². The summed E-state index contributed by atoms with van der Waals surface area (Å²) in [5, 5.41) is 4.34. The molecular formula is C13H20N2O4S. The molecule has 0 bridgehead atoms. The van der Waals surface area contributed by atoms with Gasteiger partial charge in [0.25, 0.3) is 10.1 Å². The highest BCUT2D eigenvalue weighted by Gasteiger charge is 2.19. The van der Waals surface area contributed by atoms with Gasteiger partial charge >= 0.3 is 0 Å². The number of hydrazine groups is 1. The Hall–Kier alpha value is -1.15. The number of anilines is 1. The van der Waals surface area contributed by atoms with Crippen LogP contribution < -0.4 is 5.01 Å². The maximum atomic E-state index is 11.1. The zero-order chi connectivity index (χ0) is 14.6.